The van der Waals surface area contributed by atoms with Crippen LogP contribution >= 0.6 is 0 Å². The van der Waals surface area contributed by atoms with Crippen molar-refractivity contribution in [1.82, 2.24) is 9.80 Å². The summed E-state index contributed by atoms with van der Waals surface area (Å²) in [6.45, 7) is 3.07. The molecule has 2 aliphatic heterocycles. The van der Waals surface area contributed by atoms with Crippen LogP contribution in [0.3, 0.4) is 0 Å². The Hall–Kier alpha value is -3.84. The lowest BCUT2D eigenvalue weighted by Crippen LogP contribution is -2.51. The SMILES string of the molecule is COC(=O)C1C[C@@]2(CCN(C(=O)N(C)[C@H](C)c3cc(C(F)(F)F)cc(C(F)(F)F)c3)[C@@H](c3ccc(F)cc3C)C2)N=C1OC. The Kier molecular flexibility index (Phi) is 8.96. The van der Waals surface area contributed by atoms with Crippen molar-refractivity contribution in [3.05, 3.63) is 70.0 Å². The molecule has 4 rings (SSSR count). The van der Waals surface area contributed by atoms with Gasteiger partial charge < -0.3 is 19.3 Å². The number of halogens is 7. The second kappa shape index (κ2) is 11.9. The van der Waals surface area contributed by atoms with Crippen LogP contribution < -0.4 is 0 Å². The molecule has 2 amide bonds. The van der Waals surface area contributed by atoms with Crippen LogP contribution in [0.4, 0.5) is 35.5 Å². The van der Waals surface area contributed by atoms with Crippen molar-refractivity contribution in [3.8, 4) is 0 Å². The van der Waals surface area contributed by atoms with Gasteiger partial charge in [0, 0.05) is 13.6 Å². The summed E-state index contributed by atoms with van der Waals surface area (Å²) >= 11 is 0. The lowest BCUT2D eigenvalue weighted by molar-refractivity contribution is -0.144. The van der Waals surface area contributed by atoms with Crippen molar-refractivity contribution in [2.45, 2.75) is 63.1 Å². The number of urea groups is 1. The zero-order valence-corrected chi connectivity index (χ0v) is 24.6. The molecule has 0 aromatic heterocycles. The van der Waals surface area contributed by atoms with Crippen molar-refractivity contribution in [3.63, 3.8) is 0 Å². The zero-order valence-electron chi connectivity index (χ0n) is 24.6. The highest BCUT2D eigenvalue weighted by atomic mass is 19.4. The van der Waals surface area contributed by atoms with E-state index in [1.54, 1.807) is 6.92 Å². The fraction of sp³-hybridized carbons (Fsp3) is 0.500. The molecule has 14 heteroatoms. The molecule has 0 N–H and O–H groups in total. The predicted molar refractivity (Wildman–Crippen MR) is 145 cm³/mol. The number of benzene rings is 2. The van der Waals surface area contributed by atoms with Crippen LogP contribution in [-0.4, -0.2) is 61.0 Å². The lowest BCUT2D eigenvalue weighted by atomic mass is 9.77. The number of hydrogen-bond acceptors (Lipinski definition) is 5. The summed E-state index contributed by atoms with van der Waals surface area (Å²) < 4.78 is 105. The monoisotopic (exact) mass is 631 g/mol. The number of carbonyl (C=O) groups excluding carboxylic acids is 2. The number of ether oxygens (including phenoxy) is 2. The normalized spacial score (nSPS) is 22.9. The Labute approximate surface area is 249 Å². The number of rotatable bonds is 4. The molecule has 4 atom stereocenters. The van der Waals surface area contributed by atoms with Crippen LogP contribution in [0.25, 0.3) is 0 Å². The number of methoxy groups -OCH3 is 2. The average molecular weight is 632 g/mol. The molecule has 2 aromatic rings. The molecule has 2 aromatic carbocycles. The smallest absolute Gasteiger partial charge is 0.416 e. The van der Waals surface area contributed by atoms with Crippen molar-refractivity contribution in [2.75, 3.05) is 27.8 Å². The van der Waals surface area contributed by atoms with E-state index in [1.165, 1.54) is 51.3 Å². The maximum absolute atomic E-state index is 14.1. The van der Waals surface area contributed by atoms with E-state index >= 15 is 0 Å². The van der Waals surface area contributed by atoms with Gasteiger partial charge in [-0.1, -0.05) is 6.07 Å². The first-order chi connectivity index (χ1) is 20.4. The number of carbonyl (C=O) groups is 2. The van der Waals surface area contributed by atoms with Gasteiger partial charge in [0.15, 0.2) is 5.90 Å². The highest BCUT2D eigenvalue weighted by Gasteiger charge is 2.51. The Morgan fingerprint density at radius 2 is 1.64 bits per heavy atom. The zero-order chi connectivity index (χ0) is 32.8. The molecule has 0 saturated carbocycles. The number of likely N-dealkylation sites (tertiary alicyclic amines) is 1. The second-order valence-corrected chi connectivity index (χ2v) is 11.2. The first kappa shape index (κ1) is 33.1. The van der Waals surface area contributed by atoms with Gasteiger partial charge in [-0.2, -0.15) is 26.3 Å². The molecule has 0 radical (unpaired) electrons. The Morgan fingerprint density at radius 1 is 1.02 bits per heavy atom. The summed E-state index contributed by atoms with van der Waals surface area (Å²) in [5.74, 6) is -1.63. The molecule has 2 aliphatic rings. The molecule has 2 heterocycles. The van der Waals surface area contributed by atoms with Crippen LogP contribution in [0.2, 0.25) is 0 Å². The minimum absolute atomic E-state index is 0.0352. The van der Waals surface area contributed by atoms with Crippen LogP contribution in [0.15, 0.2) is 41.4 Å². The quantitative estimate of drug-likeness (QED) is 0.267. The van der Waals surface area contributed by atoms with Gasteiger partial charge in [0.1, 0.15) is 11.7 Å². The molecular weight excluding hydrogens is 599 g/mol. The largest absolute Gasteiger partial charge is 0.484 e. The average Bonchev–Trinajstić information content (AvgIpc) is 3.32. The molecule has 240 valence electrons. The number of aliphatic imine (C=N–C) groups is 1. The topological polar surface area (TPSA) is 71.4 Å². The van der Waals surface area contributed by atoms with E-state index in [4.69, 9.17) is 14.5 Å². The third kappa shape index (κ3) is 6.48. The maximum Gasteiger partial charge on any atom is 0.416 e. The van der Waals surface area contributed by atoms with Crippen molar-refractivity contribution in [1.29, 1.82) is 0 Å². The first-order valence-electron chi connectivity index (χ1n) is 13.7. The standard InChI is InChI=1S/C30H32F7N3O4/c1-16-10-21(31)6-7-22(16)24-15-28(14-23(26(41)44-5)25(38-28)43-4)8-9-40(24)27(42)39(3)17(2)18-11-19(29(32,33)34)13-20(12-18)30(35,36)37/h6-7,10-13,17,23-24H,8-9,14-15H2,1-5H3/t17-,23?,24-,28-/m1/s1. The third-order valence-electron chi connectivity index (χ3n) is 8.50. The summed E-state index contributed by atoms with van der Waals surface area (Å²) in [5, 5.41) is 0. The van der Waals surface area contributed by atoms with E-state index in [1.807, 2.05) is 0 Å². The van der Waals surface area contributed by atoms with Gasteiger partial charge in [0.25, 0.3) is 0 Å². The van der Waals surface area contributed by atoms with E-state index in [2.05, 4.69) is 0 Å². The second-order valence-electron chi connectivity index (χ2n) is 11.2. The van der Waals surface area contributed by atoms with Gasteiger partial charge in [-0.05, 0) is 80.1 Å². The molecule has 0 aliphatic carbocycles. The Balaban J connectivity index is 1.71. The Bertz CT molecular complexity index is 1430. The minimum atomic E-state index is -5.05. The highest BCUT2D eigenvalue weighted by molar-refractivity contribution is 5.99. The van der Waals surface area contributed by atoms with Crippen LogP contribution in [-0.2, 0) is 26.6 Å². The number of hydrogen-bond donors (Lipinski definition) is 0. The van der Waals surface area contributed by atoms with E-state index in [-0.39, 0.29) is 43.3 Å². The minimum Gasteiger partial charge on any atom is -0.484 e. The lowest BCUT2D eigenvalue weighted by Gasteiger charge is -2.46. The molecule has 1 spiro atoms. The predicted octanol–water partition coefficient (Wildman–Crippen LogP) is 7.10. The summed E-state index contributed by atoms with van der Waals surface area (Å²) in [5.41, 5.74) is -3.07. The number of alkyl halides is 6. The summed E-state index contributed by atoms with van der Waals surface area (Å²) in [4.78, 5) is 33.7. The van der Waals surface area contributed by atoms with Gasteiger partial charge in [-0.25, -0.2) is 14.2 Å². The van der Waals surface area contributed by atoms with Gasteiger partial charge >= 0.3 is 24.4 Å². The van der Waals surface area contributed by atoms with E-state index in [0.717, 1.165) is 4.90 Å². The number of amides is 2. The molecule has 1 fully saturated rings. The van der Waals surface area contributed by atoms with E-state index in [9.17, 15) is 40.3 Å². The Morgan fingerprint density at radius 3 is 2.16 bits per heavy atom. The molecule has 44 heavy (non-hydrogen) atoms. The van der Waals surface area contributed by atoms with Gasteiger partial charge in [-0.3, -0.25) is 4.79 Å². The third-order valence-corrected chi connectivity index (χ3v) is 8.50. The molecule has 1 unspecified atom stereocenters. The van der Waals surface area contributed by atoms with Gasteiger partial charge in [-0.15, -0.1) is 0 Å². The van der Waals surface area contributed by atoms with Crippen molar-refractivity contribution >= 4 is 17.9 Å². The number of aryl methyl sites for hydroxylation is 1. The first-order valence-corrected chi connectivity index (χ1v) is 13.7. The highest BCUT2D eigenvalue weighted by Crippen LogP contribution is 2.47. The van der Waals surface area contributed by atoms with Gasteiger partial charge in [0.05, 0.1) is 43.0 Å². The van der Waals surface area contributed by atoms with Crippen molar-refractivity contribution in [2.24, 2.45) is 10.9 Å². The van der Waals surface area contributed by atoms with Crippen LogP contribution in [0, 0.1) is 18.7 Å². The fourth-order valence-electron chi connectivity index (χ4n) is 6.01. The molecular formula is C30H32F7N3O4. The summed E-state index contributed by atoms with van der Waals surface area (Å²) in [6, 6.07) is 2.71. The van der Waals surface area contributed by atoms with E-state index in [0.29, 0.717) is 23.3 Å². The fourth-order valence-corrected chi connectivity index (χ4v) is 6.01. The van der Waals surface area contributed by atoms with Crippen molar-refractivity contribution < 1.29 is 49.8 Å². The number of piperidine rings is 1. The number of nitrogens with zero attached hydrogens (tertiary/aromatic N) is 3. The molecule has 1 saturated heterocycles. The number of esters is 1. The molecule has 0 bridgehead atoms. The van der Waals surface area contributed by atoms with E-state index < -0.39 is 64.8 Å². The van der Waals surface area contributed by atoms with Crippen LogP contribution in [0.1, 0.15) is 66.1 Å². The summed E-state index contributed by atoms with van der Waals surface area (Å²) in [6.07, 6.45) is -9.39. The summed E-state index contributed by atoms with van der Waals surface area (Å²) in [7, 11) is 3.91. The molecule has 7 nitrogen and oxygen atoms in total. The maximum atomic E-state index is 14.1. The van der Waals surface area contributed by atoms with Gasteiger partial charge in [0.2, 0.25) is 0 Å². The van der Waals surface area contributed by atoms with Crippen LogP contribution in [0.5, 0.6) is 0 Å².